The van der Waals surface area contributed by atoms with E-state index in [4.69, 9.17) is 9.47 Å². The Morgan fingerprint density at radius 2 is 1.58 bits per heavy atom. The minimum Gasteiger partial charge on any atom is -0.490 e. The molecule has 0 aromatic heterocycles. The Kier molecular flexibility index (Phi) is 15.3. The van der Waals surface area contributed by atoms with E-state index in [9.17, 15) is 13.6 Å². The number of likely N-dealkylation sites (tertiary alicyclic amines) is 1. The van der Waals surface area contributed by atoms with E-state index in [-0.39, 0.29) is 11.8 Å². The second-order valence-electron chi connectivity index (χ2n) is 13.0. The Morgan fingerprint density at radius 1 is 1.05 bits per heavy atom. The van der Waals surface area contributed by atoms with Crippen molar-refractivity contribution in [1.29, 1.82) is 0 Å². The van der Waals surface area contributed by atoms with Crippen molar-refractivity contribution in [2.45, 2.75) is 139 Å². The molecule has 0 N–H and O–H groups in total. The van der Waals surface area contributed by atoms with Gasteiger partial charge in [0.2, 0.25) is 0 Å². The second kappa shape index (κ2) is 17.1. The maximum absolute atomic E-state index is 12.3. The zero-order chi connectivity index (χ0) is 33.0. The smallest absolute Gasteiger partial charge is 0.410 e. The van der Waals surface area contributed by atoms with Gasteiger partial charge in [0.15, 0.2) is 0 Å². The number of ether oxygens (including phenoxy) is 3. The van der Waals surface area contributed by atoms with Crippen LogP contribution in [0.15, 0.2) is 47.2 Å². The highest BCUT2D eigenvalue weighted by molar-refractivity contribution is 5.68. The Morgan fingerprint density at radius 3 is 2.02 bits per heavy atom. The number of halogens is 2. The van der Waals surface area contributed by atoms with Crippen LogP contribution in [0.2, 0.25) is 0 Å². The number of alkyl halides is 2. The molecule has 1 heterocycles. The lowest BCUT2D eigenvalue weighted by Gasteiger charge is -2.51. The summed E-state index contributed by atoms with van der Waals surface area (Å²) in [7, 11) is 0. The summed E-state index contributed by atoms with van der Waals surface area (Å²) in [6.45, 7) is 25.1. The van der Waals surface area contributed by atoms with Gasteiger partial charge in [0, 0.05) is 20.0 Å². The van der Waals surface area contributed by atoms with Crippen molar-refractivity contribution in [3.8, 4) is 5.75 Å². The Bertz CT molecular complexity index is 1030. The molecule has 1 saturated carbocycles. The van der Waals surface area contributed by atoms with E-state index in [1.165, 1.54) is 23.3 Å². The van der Waals surface area contributed by atoms with Gasteiger partial charge in [-0.15, -0.1) is 0 Å². The average Bonchev–Trinajstić information content (AvgIpc) is 2.92. The highest BCUT2D eigenvalue weighted by Crippen LogP contribution is 2.51. The monoisotopic (exact) mass is 607 g/mol. The largest absolute Gasteiger partial charge is 0.490 e. The van der Waals surface area contributed by atoms with Crippen molar-refractivity contribution < 1.29 is 27.8 Å². The first-order valence-electron chi connectivity index (χ1n) is 16.1. The SMILES string of the molecule is CC.CCC(C)=C(/C=C(/C)C(C)CC)OC1CC2(CCN(C(=O)OC(C)(C)C)CC2)C1.Cc1ccc(OC(C)(F)F)cc1. The maximum atomic E-state index is 12.3. The normalized spacial score (nSPS) is 18.2. The zero-order valence-electron chi connectivity index (χ0n) is 29.0. The number of nitrogens with zero attached hydrogens (tertiary/aromatic N) is 1. The van der Waals surface area contributed by atoms with Crippen LogP contribution < -0.4 is 4.74 Å². The van der Waals surface area contributed by atoms with Crippen LogP contribution in [0.25, 0.3) is 0 Å². The van der Waals surface area contributed by atoms with Crippen molar-refractivity contribution in [2.24, 2.45) is 11.3 Å². The molecule has 2 aliphatic rings. The fourth-order valence-electron chi connectivity index (χ4n) is 4.98. The molecule has 2 fully saturated rings. The molecule has 1 aromatic rings. The van der Waals surface area contributed by atoms with Crippen LogP contribution in [-0.2, 0) is 9.47 Å². The van der Waals surface area contributed by atoms with Gasteiger partial charge in [-0.1, -0.05) is 57.9 Å². The lowest BCUT2D eigenvalue weighted by molar-refractivity contribution is -0.158. The van der Waals surface area contributed by atoms with E-state index >= 15 is 0 Å². The third-order valence-electron chi connectivity index (χ3n) is 8.11. The summed E-state index contributed by atoms with van der Waals surface area (Å²) in [5.74, 6) is 1.85. The van der Waals surface area contributed by atoms with Crippen LogP contribution in [-0.4, -0.2) is 41.9 Å². The molecule has 1 spiro atoms. The third-order valence-corrected chi connectivity index (χ3v) is 8.11. The average molecular weight is 608 g/mol. The first-order chi connectivity index (χ1) is 20.0. The zero-order valence-corrected chi connectivity index (χ0v) is 29.0. The van der Waals surface area contributed by atoms with Crippen LogP contribution in [0, 0.1) is 18.3 Å². The third kappa shape index (κ3) is 13.7. The van der Waals surface area contributed by atoms with Gasteiger partial charge in [-0.05, 0) is 115 Å². The number of amides is 1. The Hall–Kier alpha value is -2.57. The van der Waals surface area contributed by atoms with Crippen molar-refractivity contribution >= 4 is 6.09 Å². The maximum Gasteiger partial charge on any atom is 0.410 e. The Balaban J connectivity index is 0.000000549. The van der Waals surface area contributed by atoms with Gasteiger partial charge >= 0.3 is 12.2 Å². The predicted molar refractivity (Wildman–Crippen MR) is 174 cm³/mol. The summed E-state index contributed by atoms with van der Waals surface area (Å²) < 4.78 is 40.9. The summed E-state index contributed by atoms with van der Waals surface area (Å²) in [5, 5.41) is 0. The number of benzene rings is 1. The molecule has 7 heteroatoms. The molecule has 43 heavy (non-hydrogen) atoms. The van der Waals surface area contributed by atoms with E-state index in [1.54, 1.807) is 12.1 Å². The summed E-state index contributed by atoms with van der Waals surface area (Å²) in [4.78, 5) is 14.2. The number of aryl methyl sites for hydroxylation is 1. The number of rotatable bonds is 8. The predicted octanol–water partition coefficient (Wildman–Crippen LogP) is 10.9. The molecule has 1 aromatic carbocycles. The summed E-state index contributed by atoms with van der Waals surface area (Å²) >= 11 is 0. The van der Waals surface area contributed by atoms with Gasteiger partial charge in [-0.25, -0.2) is 4.79 Å². The second-order valence-corrected chi connectivity index (χ2v) is 13.0. The van der Waals surface area contributed by atoms with Crippen LogP contribution in [0.5, 0.6) is 5.75 Å². The molecule has 1 unspecified atom stereocenters. The molecule has 1 saturated heterocycles. The molecule has 0 bridgehead atoms. The standard InChI is InChI=1S/C25H43NO3.C9H10F2O.C2H6/c1-9-18(3)20(5)15-22(19(4)10-2)28-21-16-25(17-21)11-13-26(14-12-25)23(27)29-24(6,7)8;1-7-3-5-8(6-4-7)12-9(2,10)11;1-2/h15,18,21H,9-14,16-17H2,1-8H3;3-6H,1-2H3;1-2H3/b20-15-,22-19?;;. The first kappa shape index (κ1) is 38.5. The first-order valence-corrected chi connectivity index (χ1v) is 16.1. The molecule has 246 valence electrons. The number of carbonyl (C=O) groups is 1. The van der Waals surface area contributed by atoms with Crippen LogP contribution in [0.3, 0.4) is 0 Å². The number of allylic oxidation sites excluding steroid dienone is 3. The van der Waals surface area contributed by atoms with Crippen molar-refractivity contribution in [3.63, 3.8) is 0 Å². The summed E-state index contributed by atoms with van der Waals surface area (Å²) in [6.07, 6.45) is 5.79. The molecule has 3 rings (SSSR count). The highest BCUT2D eigenvalue weighted by atomic mass is 19.3. The van der Waals surface area contributed by atoms with E-state index in [1.807, 2.05) is 46.4 Å². The molecular formula is C36H59F2NO4. The lowest BCUT2D eigenvalue weighted by Crippen LogP contribution is -2.51. The van der Waals surface area contributed by atoms with Gasteiger partial charge in [0.25, 0.3) is 0 Å². The minimum absolute atomic E-state index is 0.172. The molecule has 1 atom stereocenters. The summed E-state index contributed by atoms with van der Waals surface area (Å²) in [5.41, 5.74) is 3.66. The molecule has 1 aliphatic carbocycles. The topological polar surface area (TPSA) is 48.0 Å². The summed E-state index contributed by atoms with van der Waals surface area (Å²) in [6, 6.07) is 6.49. The minimum atomic E-state index is -3.10. The fourth-order valence-corrected chi connectivity index (χ4v) is 4.98. The van der Waals surface area contributed by atoms with Crippen molar-refractivity contribution in [3.05, 3.63) is 52.8 Å². The molecular weight excluding hydrogens is 548 g/mol. The van der Waals surface area contributed by atoms with E-state index in [2.05, 4.69) is 45.4 Å². The highest BCUT2D eigenvalue weighted by Gasteiger charge is 2.48. The van der Waals surface area contributed by atoms with Gasteiger partial charge in [-0.3, -0.25) is 0 Å². The van der Waals surface area contributed by atoms with Gasteiger partial charge in [-0.2, -0.15) is 8.78 Å². The van der Waals surface area contributed by atoms with Crippen LogP contribution >= 0.6 is 0 Å². The van der Waals surface area contributed by atoms with Crippen molar-refractivity contribution in [2.75, 3.05) is 13.1 Å². The lowest BCUT2D eigenvalue weighted by atomic mass is 9.61. The Labute approximate surface area is 261 Å². The molecule has 1 amide bonds. The van der Waals surface area contributed by atoms with E-state index in [0.29, 0.717) is 24.4 Å². The van der Waals surface area contributed by atoms with Crippen molar-refractivity contribution in [1.82, 2.24) is 4.90 Å². The van der Waals surface area contributed by atoms with Crippen LogP contribution in [0.1, 0.15) is 120 Å². The quantitative estimate of drug-likeness (QED) is 0.218. The molecule has 5 nitrogen and oxygen atoms in total. The number of carbonyl (C=O) groups excluding carboxylic acids is 1. The van der Waals surface area contributed by atoms with E-state index in [0.717, 1.165) is 62.9 Å². The molecule has 0 radical (unpaired) electrons. The van der Waals surface area contributed by atoms with Gasteiger partial charge < -0.3 is 19.1 Å². The van der Waals surface area contributed by atoms with E-state index < -0.39 is 11.7 Å². The number of hydrogen-bond acceptors (Lipinski definition) is 4. The number of piperidine rings is 1. The van der Waals surface area contributed by atoms with Crippen LogP contribution in [0.4, 0.5) is 13.6 Å². The molecule has 1 aliphatic heterocycles. The van der Waals surface area contributed by atoms with Gasteiger partial charge in [0.05, 0.1) is 6.10 Å². The number of hydrogen-bond donors (Lipinski definition) is 0. The van der Waals surface area contributed by atoms with Gasteiger partial charge in [0.1, 0.15) is 17.1 Å². The fraction of sp³-hybridized carbons (Fsp3) is 0.694.